The molecule has 2 aromatic rings. The molecule has 1 amide bonds. The minimum atomic E-state index is -0.00644. The zero-order valence-corrected chi connectivity index (χ0v) is 11.0. The van der Waals surface area contributed by atoms with Gasteiger partial charge in [-0.2, -0.15) is 0 Å². The van der Waals surface area contributed by atoms with E-state index in [9.17, 15) is 4.79 Å². The Morgan fingerprint density at radius 3 is 3.11 bits per heavy atom. The van der Waals surface area contributed by atoms with Crippen LogP contribution in [0.3, 0.4) is 0 Å². The minimum absolute atomic E-state index is 0.00644. The number of carbonyl (C=O) groups is 1. The summed E-state index contributed by atoms with van der Waals surface area (Å²) in [5.41, 5.74) is 1.27. The van der Waals surface area contributed by atoms with Crippen LogP contribution in [0.1, 0.15) is 24.3 Å². The van der Waals surface area contributed by atoms with Crippen LogP contribution in [0.2, 0.25) is 0 Å². The molecular formula is C13H16N4O2. The number of aromatic nitrogens is 3. The molecule has 0 bridgehead atoms. The second-order valence-electron chi connectivity index (χ2n) is 4.79. The summed E-state index contributed by atoms with van der Waals surface area (Å²) in [6.45, 7) is 5.19. The molecule has 0 aliphatic carbocycles. The third kappa shape index (κ3) is 1.98. The first kappa shape index (κ1) is 12.1. The summed E-state index contributed by atoms with van der Waals surface area (Å²) in [5, 5.41) is 7.80. The molecular weight excluding hydrogens is 244 g/mol. The molecule has 0 saturated carbocycles. The Labute approximate surface area is 111 Å². The van der Waals surface area contributed by atoms with E-state index in [-0.39, 0.29) is 18.1 Å². The quantitative estimate of drug-likeness (QED) is 0.767. The number of nitrogens with zero attached hydrogens (tertiary/aromatic N) is 4. The Bertz CT molecular complexity index is 609. The summed E-state index contributed by atoms with van der Waals surface area (Å²) >= 11 is 0. The standard InChI is InChI=1S/C13H16N4O2/c1-9-10(2)19-7-6-16(9)13(18)11-4-3-5-12-15-14-8-17(11)12/h3-5,8-10H,6-7H2,1-2H3. The summed E-state index contributed by atoms with van der Waals surface area (Å²) in [6, 6.07) is 5.51. The number of carbonyl (C=O) groups excluding carboxylic acids is 1. The highest BCUT2D eigenvalue weighted by atomic mass is 16.5. The number of pyridine rings is 1. The number of morpholine rings is 1. The lowest BCUT2D eigenvalue weighted by molar-refractivity contribution is -0.0442. The second-order valence-corrected chi connectivity index (χ2v) is 4.79. The van der Waals surface area contributed by atoms with Crippen LogP contribution in [-0.2, 0) is 4.74 Å². The summed E-state index contributed by atoms with van der Waals surface area (Å²) in [6.07, 6.45) is 1.62. The van der Waals surface area contributed by atoms with Crippen LogP contribution < -0.4 is 0 Å². The van der Waals surface area contributed by atoms with Crippen molar-refractivity contribution in [1.29, 1.82) is 0 Å². The lowest BCUT2D eigenvalue weighted by Crippen LogP contribution is -2.51. The summed E-state index contributed by atoms with van der Waals surface area (Å²) in [7, 11) is 0. The molecule has 1 saturated heterocycles. The summed E-state index contributed by atoms with van der Waals surface area (Å²) < 4.78 is 7.27. The SMILES string of the molecule is CC1OCCN(C(=O)c2cccc3nncn23)C1C. The Morgan fingerprint density at radius 1 is 1.42 bits per heavy atom. The topological polar surface area (TPSA) is 59.7 Å². The van der Waals surface area contributed by atoms with Crippen molar-refractivity contribution in [2.45, 2.75) is 26.0 Å². The van der Waals surface area contributed by atoms with E-state index in [0.717, 1.165) is 0 Å². The lowest BCUT2D eigenvalue weighted by Gasteiger charge is -2.37. The maximum absolute atomic E-state index is 12.7. The predicted octanol–water partition coefficient (Wildman–Crippen LogP) is 0.979. The number of hydrogen-bond donors (Lipinski definition) is 0. The maximum Gasteiger partial charge on any atom is 0.271 e. The average molecular weight is 260 g/mol. The van der Waals surface area contributed by atoms with Gasteiger partial charge in [0.15, 0.2) is 5.65 Å². The van der Waals surface area contributed by atoms with E-state index in [1.54, 1.807) is 16.8 Å². The van der Waals surface area contributed by atoms with Gasteiger partial charge in [-0.05, 0) is 26.0 Å². The van der Waals surface area contributed by atoms with Crippen LogP contribution in [0.15, 0.2) is 24.5 Å². The molecule has 0 spiro atoms. The Morgan fingerprint density at radius 2 is 2.26 bits per heavy atom. The van der Waals surface area contributed by atoms with Crippen molar-refractivity contribution in [1.82, 2.24) is 19.5 Å². The molecule has 0 aromatic carbocycles. The highest BCUT2D eigenvalue weighted by molar-refractivity contribution is 5.93. The van der Waals surface area contributed by atoms with Gasteiger partial charge in [0.1, 0.15) is 12.0 Å². The highest BCUT2D eigenvalue weighted by Crippen LogP contribution is 2.17. The highest BCUT2D eigenvalue weighted by Gasteiger charge is 2.30. The number of amides is 1. The van der Waals surface area contributed by atoms with E-state index in [1.165, 1.54) is 0 Å². The monoisotopic (exact) mass is 260 g/mol. The van der Waals surface area contributed by atoms with Crippen LogP contribution >= 0.6 is 0 Å². The summed E-state index contributed by atoms with van der Waals surface area (Å²) in [5.74, 6) is -0.00644. The van der Waals surface area contributed by atoms with E-state index < -0.39 is 0 Å². The van der Waals surface area contributed by atoms with E-state index >= 15 is 0 Å². The fraction of sp³-hybridized carbons (Fsp3) is 0.462. The van der Waals surface area contributed by atoms with Crippen LogP contribution in [0.4, 0.5) is 0 Å². The molecule has 6 heteroatoms. The average Bonchev–Trinajstić information content (AvgIpc) is 2.89. The molecule has 2 unspecified atom stereocenters. The predicted molar refractivity (Wildman–Crippen MR) is 68.9 cm³/mol. The van der Waals surface area contributed by atoms with Gasteiger partial charge in [0.25, 0.3) is 5.91 Å². The Kier molecular flexibility index (Phi) is 2.94. The van der Waals surface area contributed by atoms with Crippen LogP contribution in [-0.4, -0.2) is 50.7 Å². The Balaban J connectivity index is 1.97. The zero-order valence-electron chi connectivity index (χ0n) is 11.0. The molecule has 0 radical (unpaired) electrons. The minimum Gasteiger partial charge on any atom is -0.375 e. The number of rotatable bonds is 1. The van der Waals surface area contributed by atoms with Crippen LogP contribution in [0, 0.1) is 0 Å². The molecule has 3 rings (SSSR count). The van der Waals surface area contributed by atoms with E-state index in [2.05, 4.69) is 10.2 Å². The van der Waals surface area contributed by atoms with Gasteiger partial charge in [0, 0.05) is 6.54 Å². The fourth-order valence-electron chi connectivity index (χ4n) is 2.39. The first-order chi connectivity index (χ1) is 9.18. The molecule has 3 heterocycles. The molecule has 2 atom stereocenters. The van der Waals surface area contributed by atoms with Crippen molar-refractivity contribution >= 4 is 11.6 Å². The maximum atomic E-state index is 12.7. The first-order valence-corrected chi connectivity index (χ1v) is 6.40. The number of ether oxygens (including phenoxy) is 1. The zero-order chi connectivity index (χ0) is 13.4. The van der Waals surface area contributed by atoms with Gasteiger partial charge >= 0.3 is 0 Å². The van der Waals surface area contributed by atoms with Crippen molar-refractivity contribution in [2.75, 3.05) is 13.2 Å². The van der Waals surface area contributed by atoms with Crippen molar-refractivity contribution in [3.63, 3.8) is 0 Å². The van der Waals surface area contributed by atoms with Crippen LogP contribution in [0.25, 0.3) is 5.65 Å². The molecule has 1 fully saturated rings. The number of fused-ring (bicyclic) bond motifs is 1. The molecule has 6 nitrogen and oxygen atoms in total. The Hall–Kier alpha value is -1.95. The second kappa shape index (κ2) is 4.62. The van der Waals surface area contributed by atoms with Gasteiger partial charge in [-0.3, -0.25) is 9.20 Å². The third-order valence-electron chi connectivity index (χ3n) is 3.70. The molecule has 1 aliphatic rings. The van der Waals surface area contributed by atoms with E-state index in [1.807, 2.05) is 30.9 Å². The lowest BCUT2D eigenvalue weighted by atomic mass is 10.1. The molecule has 1 aliphatic heterocycles. The van der Waals surface area contributed by atoms with Crippen molar-refractivity contribution in [2.24, 2.45) is 0 Å². The summed E-state index contributed by atoms with van der Waals surface area (Å²) in [4.78, 5) is 14.5. The largest absolute Gasteiger partial charge is 0.375 e. The number of hydrogen-bond acceptors (Lipinski definition) is 4. The van der Waals surface area contributed by atoms with Gasteiger partial charge in [-0.1, -0.05) is 6.07 Å². The smallest absolute Gasteiger partial charge is 0.271 e. The van der Waals surface area contributed by atoms with Gasteiger partial charge in [-0.25, -0.2) is 0 Å². The third-order valence-corrected chi connectivity index (χ3v) is 3.70. The van der Waals surface area contributed by atoms with E-state index in [4.69, 9.17) is 4.74 Å². The fourth-order valence-corrected chi connectivity index (χ4v) is 2.39. The molecule has 100 valence electrons. The van der Waals surface area contributed by atoms with Crippen molar-refractivity contribution < 1.29 is 9.53 Å². The van der Waals surface area contributed by atoms with Crippen LogP contribution in [0.5, 0.6) is 0 Å². The van der Waals surface area contributed by atoms with Gasteiger partial charge in [0.05, 0.1) is 18.8 Å². The molecule has 0 N–H and O–H groups in total. The van der Waals surface area contributed by atoms with Gasteiger partial charge < -0.3 is 9.64 Å². The molecule has 2 aromatic heterocycles. The van der Waals surface area contributed by atoms with Gasteiger partial charge in [0.2, 0.25) is 0 Å². The first-order valence-electron chi connectivity index (χ1n) is 6.40. The van der Waals surface area contributed by atoms with Crippen molar-refractivity contribution in [3.05, 3.63) is 30.2 Å². The van der Waals surface area contributed by atoms with Gasteiger partial charge in [-0.15, -0.1) is 10.2 Å². The van der Waals surface area contributed by atoms with Crippen molar-refractivity contribution in [3.8, 4) is 0 Å². The van der Waals surface area contributed by atoms with E-state index in [0.29, 0.717) is 24.5 Å². The molecule has 19 heavy (non-hydrogen) atoms. The normalized spacial score (nSPS) is 23.8.